The number of anilines is 2. The van der Waals surface area contributed by atoms with Crippen molar-refractivity contribution in [1.82, 2.24) is 9.97 Å². The molecule has 1 atom stereocenters. The van der Waals surface area contributed by atoms with Crippen molar-refractivity contribution in [2.75, 3.05) is 29.9 Å². The summed E-state index contributed by atoms with van der Waals surface area (Å²) >= 11 is 0. The largest absolute Gasteiger partial charge is 0.496 e. The lowest BCUT2D eigenvalue weighted by atomic mass is 9.80. The monoisotopic (exact) mass is 408 g/mol. The zero-order chi connectivity index (χ0) is 21.5. The lowest BCUT2D eigenvalue weighted by Crippen LogP contribution is -2.41. The van der Waals surface area contributed by atoms with E-state index in [0.29, 0.717) is 0 Å². The van der Waals surface area contributed by atoms with E-state index in [4.69, 9.17) is 14.3 Å². The number of hydrogen-bond donors (Lipinski definition) is 0. The van der Waals surface area contributed by atoms with Gasteiger partial charge in [0.25, 0.3) is 0 Å². The van der Waals surface area contributed by atoms with Crippen molar-refractivity contribution >= 4 is 24.2 Å². The van der Waals surface area contributed by atoms with Gasteiger partial charge in [-0.05, 0) is 65.2 Å². The summed E-state index contributed by atoms with van der Waals surface area (Å²) in [4.78, 5) is 13.9. The van der Waals surface area contributed by atoms with E-state index >= 15 is 0 Å². The van der Waals surface area contributed by atoms with Gasteiger partial charge in [-0.2, -0.15) is 0 Å². The van der Waals surface area contributed by atoms with E-state index in [9.17, 15) is 0 Å². The highest BCUT2D eigenvalue weighted by Gasteiger charge is 2.51. The molecule has 7 heteroatoms. The Balaban J connectivity index is 1.44. The van der Waals surface area contributed by atoms with E-state index in [1.165, 1.54) is 18.4 Å². The first-order valence-corrected chi connectivity index (χ1v) is 10.9. The molecule has 160 valence electrons. The first-order chi connectivity index (χ1) is 14.2. The third-order valence-electron chi connectivity index (χ3n) is 6.92. The van der Waals surface area contributed by atoms with Gasteiger partial charge in [-0.25, -0.2) is 9.97 Å². The smallest absolute Gasteiger partial charge is 0.399 e. The zero-order valence-electron chi connectivity index (χ0n) is 19.1. The van der Waals surface area contributed by atoms with Gasteiger partial charge in [-0.3, -0.25) is 0 Å². The van der Waals surface area contributed by atoms with Gasteiger partial charge in [0.15, 0.2) is 0 Å². The van der Waals surface area contributed by atoms with E-state index in [1.54, 1.807) is 0 Å². The van der Waals surface area contributed by atoms with Crippen molar-refractivity contribution in [2.45, 2.75) is 64.7 Å². The van der Waals surface area contributed by atoms with Crippen LogP contribution in [0.5, 0.6) is 0 Å². The van der Waals surface area contributed by atoms with Gasteiger partial charge in [-0.1, -0.05) is 12.1 Å². The fourth-order valence-electron chi connectivity index (χ4n) is 3.92. The van der Waals surface area contributed by atoms with Gasteiger partial charge in [0, 0.05) is 38.0 Å². The molecule has 0 amide bonds. The van der Waals surface area contributed by atoms with Gasteiger partial charge in [0.1, 0.15) is 11.6 Å². The van der Waals surface area contributed by atoms with Crippen molar-refractivity contribution < 1.29 is 9.31 Å². The first-order valence-electron chi connectivity index (χ1n) is 10.9. The van der Waals surface area contributed by atoms with Gasteiger partial charge >= 0.3 is 7.12 Å². The summed E-state index contributed by atoms with van der Waals surface area (Å²) < 4.78 is 12.3. The zero-order valence-corrected chi connectivity index (χ0v) is 19.1. The number of nitrogens with zero attached hydrogens (tertiary/aromatic N) is 4. The predicted octanol–water partition coefficient (Wildman–Crippen LogP) is 3.57. The molecule has 4 heterocycles. The van der Waals surface area contributed by atoms with Crippen LogP contribution >= 0.6 is 0 Å². The molecule has 2 saturated heterocycles. The highest BCUT2D eigenvalue weighted by Crippen LogP contribution is 2.36. The summed E-state index contributed by atoms with van der Waals surface area (Å²) in [7, 11) is 1.68. The Morgan fingerprint density at radius 2 is 1.63 bits per heavy atom. The van der Waals surface area contributed by atoms with Crippen molar-refractivity contribution in [2.24, 2.45) is 0 Å². The second-order valence-corrected chi connectivity index (χ2v) is 9.47. The molecule has 2 aromatic heterocycles. The number of aromatic nitrogens is 2. The first kappa shape index (κ1) is 21.1. The molecular formula is C23H33BN4O2. The average molecular weight is 408 g/mol. The molecule has 0 aliphatic carbocycles. The average Bonchev–Trinajstić information content (AvgIpc) is 3.33. The Morgan fingerprint density at radius 3 is 2.17 bits per heavy atom. The fourth-order valence-corrected chi connectivity index (χ4v) is 3.92. The summed E-state index contributed by atoms with van der Waals surface area (Å²) in [5.41, 5.74) is 1.42. The summed E-state index contributed by atoms with van der Waals surface area (Å²) in [6, 6.07) is 8.56. The molecule has 0 aromatic carbocycles. The summed E-state index contributed by atoms with van der Waals surface area (Å²) in [6.07, 6.45) is 6.37. The molecular weight excluding hydrogens is 375 g/mol. The molecule has 0 saturated carbocycles. The van der Waals surface area contributed by atoms with Crippen LogP contribution in [-0.2, 0) is 9.31 Å². The molecule has 0 unspecified atom stereocenters. The minimum atomic E-state index is -0.387. The van der Waals surface area contributed by atoms with Crippen LogP contribution in [-0.4, -0.2) is 48.4 Å². The molecule has 0 N–H and O–H groups in total. The molecule has 0 radical (unpaired) electrons. The lowest BCUT2D eigenvalue weighted by Gasteiger charge is -2.32. The Bertz CT molecular complexity index is 848. The SMILES string of the molecule is C[C@@H](c1ccc(N2CCCC2)nc1)N(C)c1ccc(B2OC(C)(C)C(C)(C)O2)cn1. The molecule has 2 aromatic rings. The third kappa shape index (κ3) is 3.93. The number of rotatable bonds is 5. The van der Waals surface area contributed by atoms with Crippen molar-refractivity contribution in [3.63, 3.8) is 0 Å². The Kier molecular flexibility index (Phi) is 5.53. The van der Waals surface area contributed by atoms with Gasteiger partial charge in [0.2, 0.25) is 0 Å². The Hall–Kier alpha value is -2.12. The van der Waals surface area contributed by atoms with Crippen LogP contribution in [0.15, 0.2) is 36.7 Å². The molecule has 2 aliphatic rings. The molecule has 0 spiro atoms. The van der Waals surface area contributed by atoms with Gasteiger partial charge < -0.3 is 19.1 Å². The topological polar surface area (TPSA) is 50.7 Å². The maximum absolute atomic E-state index is 6.13. The predicted molar refractivity (Wildman–Crippen MR) is 122 cm³/mol. The third-order valence-corrected chi connectivity index (χ3v) is 6.92. The number of hydrogen-bond acceptors (Lipinski definition) is 6. The van der Waals surface area contributed by atoms with E-state index in [0.717, 1.165) is 30.2 Å². The van der Waals surface area contributed by atoms with Crippen LogP contribution < -0.4 is 15.3 Å². The van der Waals surface area contributed by atoms with E-state index < -0.39 is 0 Å². The molecule has 6 nitrogen and oxygen atoms in total. The molecule has 2 fully saturated rings. The molecule has 0 bridgehead atoms. The minimum Gasteiger partial charge on any atom is -0.399 e. The Labute approximate surface area is 180 Å². The molecule has 4 rings (SSSR count). The van der Waals surface area contributed by atoms with Gasteiger partial charge in [-0.15, -0.1) is 0 Å². The van der Waals surface area contributed by atoms with E-state index in [2.05, 4.69) is 68.6 Å². The normalized spacial score (nSPS) is 21.1. The Morgan fingerprint density at radius 1 is 0.967 bits per heavy atom. The fraction of sp³-hybridized carbons (Fsp3) is 0.565. The highest BCUT2D eigenvalue weighted by molar-refractivity contribution is 6.62. The van der Waals surface area contributed by atoms with E-state index in [1.807, 2.05) is 24.5 Å². The van der Waals surface area contributed by atoms with Crippen LogP contribution in [0.4, 0.5) is 11.6 Å². The summed E-state index contributed by atoms with van der Waals surface area (Å²) in [5.74, 6) is 1.99. The second kappa shape index (κ2) is 7.86. The van der Waals surface area contributed by atoms with Crippen LogP contribution in [0.2, 0.25) is 0 Å². The van der Waals surface area contributed by atoms with Crippen molar-refractivity contribution in [1.29, 1.82) is 0 Å². The number of pyridine rings is 2. The summed E-state index contributed by atoms with van der Waals surface area (Å²) in [6.45, 7) is 12.7. The second-order valence-electron chi connectivity index (χ2n) is 9.47. The van der Waals surface area contributed by atoms with Crippen LogP contribution in [0, 0.1) is 0 Å². The van der Waals surface area contributed by atoms with Crippen molar-refractivity contribution in [3.05, 3.63) is 42.2 Å². The van der Waals surface area contributed by atoms with Crippen molar-refractivity contribution in [3.8, 4) is 0 Å². The maximum Gasteiger partial charge on any atom is 0.496 e. The van der Waals surface area contributed by atoms with Crippen LogP contribution in [0.25, 0.3) is 0 Å². The highest BCUT2D eigenvalue weighted by atomic mass is 16.7. The standard InChI is InChI=1S/C23H33BN4O2/c1-17(18-9-11-21(25-15-18)28-13-7-8-14-28)27(6)20-12-10-19(16-26-20)24-29-22(2,3)23(4,5)30-24/h9-12,15-17H,7-8,13-14H2,1-6H3/t17-/m0/s1. The van der Waals surface area contributed by atoms with Gasteiger partial charge in [0.05, 0.1) is 17.2 Å². The molecule has 30 heavy (non-hydrogen) atoms. The van der Waals surface area contributed by atoms with Crippen LogP contribution in [0.3, 0.4) is 0 Å². The maximum atomic E-state index is 6.13. The quantitative estimate of drug-likeness (QED) is 0.705. The van der Waals surface area contributed by atoms with Crippen LogP contribution in [0.1, 0.15) is 59.1 Å². The minimum absolute atomic E-state index is 0.167. The van der Waals surface area contributed by atoms with E-state index in [-0.39, 0.29) is 24.4 Å². The summed E-state index contributed by atoms with van der Waals surface area (Å²) in [5, 5.41) is 0. The molecule has 2 aliphatic heterocycles. The lowest BCUT2D eigenvalue weighted by molar-refractivity contribution is 0.00578.